The minimum atomic E-state index is -0.564. The van der Waals surface area contributed by atoms with Crippen LogP contribution in [0.2, 0.25) is 0 Å². The molecule has 5 nitrogen and oxygen atoms in total. The lowest BCUT2D eigenvalue weighted by molar-refractivity contribution is -0.144. The van der Waals surface area contributed by atoms with Crippen LogP contribution in [0.5, 0.6) is 11.5 Å². The molecule has 27 heavy (non-hydrogen) atoms. The molecule has 0 saturated heterocycles. The molecule has 0 amide bonds. The molecule has 0 bridgehead atoms. The molecule has 2 rings (SSSR count). The smallest absolute Gasteiger partial charge is 0.343 e. The normalized spacial score (nSPS) is 11.3. The van der Waals surface area contributed by atoms with Gasteiger partial charge < -0.3 is 14.2 Å². The highest BCUT2D eigenvalue weighted by Crippen LogP contribution is 2.18. The fourth-order valence-electron chi connectivity index (χ4n) is 2.31. The van der Waals surface area contributed by atoms with Crippen LogP contribution in [0.4, 0.5) is 0 Å². The number of hydrogen-bond acceptors (Lipinski definition) is 5. The van der Waals surface area contributed by atoms with E-state index >= 15 is 0 Å². The third-order valence-corrected chi connectivity index (χ3v) is 4.10. The van der Waals surface area contributed by atoms with Gasteiger partial charge in [0.2, 0.25) is 6.79 Å². The van der Waals surface area contributed by atoms with Crippen molar-refractivity contribution in [1.82, 2.24) is 0 Å². The van der Waals surface area contributed by atoms with Crippen molar-refractivity contribution in [2.45, 2.75) is 26.7 Å². The van der Waals surface area contributed by atoms with Crippen LogP contribution in [0.1, 0.15) is 36.2 Å². The summed E-state index contributed by atoms with van der Waals surface area (Å²) in [6.07, 6.45) is 3.20. The second-order valence-corrected chi connectivity index (χ2v) is 6.21. The summed E-state index contributed by atoms with van der Waals surface area (Å²) in [7, 11) is 0. The van der Waals surface area contributed by atoms with Crippen molar-refractivity contribution in [2.24, 2.45) is 5.92 Å². The first-order valence-electron chi connectivity index (χ1n) is 8.85. The maximum Gasteiger partial charge on any atom is 0.343 e. The highest BCUT2D eigenvalue weighted by Gasteiger charge is 2.09. The Balaban J connectivity index is 1.88. The largest absolute Gasteiger partial charge is 0.457 e. The average Bonchev–Trinajstić information content (AvgIpc) is 2.69. The summed E-state index contributed by atoms with van der Waals surface area (Å²) in [5.74, 6) is 0.585. The molecule has 0 aliphatic rings. The van der Waals surface area contributed by atoms with Gasteiger partial charge in [-0.3, -0.25) is 0 Å². The Bertz CT molecular complexity index is 762. The van der Waals surface area contributed by atoms with Gasteiger partial charge in [0, 0.05) is 6.08 Å². The molecule has 1 atom stereocenters. The van der Waals surface area contributed by atoms with Crippen molar-refractivity contribution in [3.8, 4) is 11.5 Å². The van der Waals surface area contributed by atoms with E-state index in [1.165, 1.54) is 5.56 Å². The molecule has 2 aromatic rings. The maximum absolute atomic E-state index is 12.2. The molecule has 5 heteroatoms. The van der Waals surface area contributed by atoms with Crippen LogP contribution in [0.25, 0.3) is 0 Å². The van der Waals surface area contributed by atoms with Crippen LogP contribution >= 0.6 is 0 Å². The Kier molecular flexibility index (Phi) is 7.62. The highest BCUT2D eigenvalue weighted by molar-refractivity contribution is 5.91. The van der Waals surface area contributed by atoms with Gasteiger partial charge in [-0.25, -0.2) is 9.59 Å². The van der Waals surface area contributed by atoms with Crippen molar-refractivity contribution in [3.05, 3.63) is 72.3 Å². The molecule has 0 fully saturated rings. The molecule has 0 spiro atoms. The summed E-state index contributed by atoms with van der Waals surface area (Å²) in [6, 6.07) is 14.0. The summed E-state index contributed by atoms with van der Waals surface area (Å²) in [5.41, 5.74) is 1.62. The number of carbonyl (C=O) groups excluding carboxylic acids is 2. The molecule has 1 unspecified atom stereocenters. The van der Waals surface area contributed by atoms with E-state index in [-0.39, 0.29) is 6.79 Å². The van der Waals surface area contributed by atoms with Gasteiger partial charge in [-0.1, -0.05) is 39.0 Å². The van der Waals surface area contributed by atoms with Gasteiger partial charge in [-0.15, -0.1) is 0 Å². The Hall–Kier alpha value is -3.08. The Labute approximate surface area is 159 Å². The van der Waals surface area contributed by atoms with E-state index in [1.807, 2.05) is 12.1 Å². The van der Waals surface area contributed by atoms with Crippen molar-refractivity contribution >= 4 is 11.9 Å². The lowest BCUT2D eigenvalue weighted by Gasteiger charge is -2.10. The zero-order chi connectivity index (χ0) is 19.6. The zero-order valence-electron chi connectivity index (χ0n) is 15.6. The van der Waals surface area contributed by atoms with E-state index in [2.05, 4.69) is 20.4 Å². The number of carbonyl (C=O) groups is 2. The van der Waals surface area contributed by atoms with Crippen molar-refractivity contribution in [3.63, 3.8) is 0 Å². The molecule has 0 heterocycles. The van der Waals surface area contributed by atoms with Crippen LogP contribution in [0.15, 0.2) is 61.2 Å². The van der Waals surface area contributed by atoms with Crippen molar-refractivity contribution in [1.29, 1.82) is 0 Å². The molecule has 0 aliphatic carbocycles. The number of hydrogen-bond donors (Lipinski definition) is 0. The van der Waals surface area contributed by atoms with E-state index in [0.717, 1.165) is 18.9 Å². The van der Waals surface area contributed by atoms with Crippen molar-refractivity contribution < 1.29 is 23.8 Å². The molecule has 0 aromatic heterocycles. The van der Waals surface area contributed by atoms with Crippen LogP contribution in [-0.2, 0) is 16.0 Å². The summed E-state index contributed by atoms with van der Waals surface area (Å²) in [5, 5.41) is 0. The first-order valence-corrected chi connectivity index (χ1v) is 8.85. The molecular weight excluding hydrogens is 344 g/mol. The van der Waals surface area contributed by atoms with Crippen LogP contribution in [0.3, 0.4) is 0 Å². The molecule has 0 radical (unpaired) electrons. The van der Waals surface area contributed by atoms with Gasteiger partial charge in [0.1, 0.15) is 11.5 Å². The fourth-order valence-corrected chi connectivity index (χ4v) is 2.31. The van der Waals surface area contributed by atoms with E-state index in [9.17, 15) is 9.59 Å². The van der Waals surface area contributed by atoms with Gasteiger partial charge in [-0.2, -0.15) is 0 Å². The topological polar surface area (TPSA) is 61.8 Å². The summed E-state index contributed by atoms with van der Waals surface area (Å²) >= 11 is 0. The Morgan fingerprint density at radius 2 is 1.67 bits per heavy atom. The number of benzene rings is 2. The quantitative estimate of drug-likeness (QED) is 0.281. The van der Waals surface area contributed by atoms with Gasteiger partial charge in [0.15, 0.2) is 0 Å². The molecule has 142 valence electrons. The van der Waals surface area contributed by atoms with Gasteiger partial charge in [-0.05, 0) is 54.3 Å². The minimum Gasteiger partial charge on any atom is -0.457 e. The number of esters is 2. The second-order valence-electron chi connectivity index (χ2n) is 6.21. The van der Waals surface area contributed by atoms with Crippen LogP contribution in [-0.4, -0.2) is 18.7 Å². The third kappa shape index (κ3) is 6.62. The Morgan fingerprint density at radius 1 is 1.04 bits per heavy atom. The maximum atomic E-state index is 12.2. The summed E-state index contributed by atoms with van der Waals surface area (Å²) in [6.45, 7) is 7.45. The zero-order valence-corrected chi connectivity index (χ0v) is 15.6. The number of ether oxygens (including phenoxy) is 3. The van der Waals surface area contributed by atoms with E-state index in [1.54, 1.807) is 36.4 Å². The first kappa shape index (κ1) is 20.2. The SMILES string of the molecule is C=CC(=O)OCOc1ccc(C(=O)Oc2ccc(CC(C)CC)cc2)cc1. The number of rotatable bonds is 9. The third-order valence-electron chi connectivity index (χ3n) is 4.10. The predicted molar refractivity (Wildman–Crippen MR) is 103 cm³/mol. The average molecular weight is 368 g/mol. The van der Waals surface area contributed by atoms with E-state index in [4.69, 9.17) is 14.2 Å². The van der Waals surface area contributed by atoms with Crippen molar-refractivity contribution in [2.75, 3.05) is 6.79 Å². The lowest BCUT2D eigenvalue weighted by atomic mass is 9.99. The minimum absolute atomic E-state index is 0.225. The summed E-state index contributed by atoms with van der Waals surface area (Å²) in [4.78, 5) is 23.2. The molecule has 2 aromatic carbocycles. The molecule has 0 N–H and O–H groups in total. The molecular formula is C22H24O5. The van der Waals surface area contributed by atoms with Gasteiger partial charge >= 0.3 is 11.9 Å². The predicted octanol–water partition coefficient (Wildman–Crippen LogP) is 4.56. The molecule has 0 aliphatic heterocycles. The summed E-state index contributed by atoms with van der Waals surface area (Å²) < 4.78 is 15.4. The van der Waals surface area contributed by atoms with E-state index in [0.29, 0.717) is 23.0 Å². The van der Waals surface area contributed by atoms with Crippen LogP contribution in [0, 0.1) is 5.92 Å². The van der Waals surface area contributed by atoms with Gasteiger partial charge in [0.25, 0.3) is 0 Å². The first-order chi connectivity index (χ1) is 13.0. The van der Waals surface area contributed by atoms with Crippen LogP contribution < -0.4 is 9.47 Å². The highest BCUT2D eigenvalue weighted by atomic mass is 16.7. The lowest BCUT2D eigenvalue weighted by Crippen LogP contribution is -2.09. The monoisotopic (exact) mass is 368 g/mol. The second kappa shape index (κ2) is 10.2. The fraction of sp³-hybridized carbons (Fsp3) is 0.273. The standard InChI is InChI=1S/C22H24O5/c1-4-16(3)14-17-6-10-20(11-7-17)27-22(24)18-8-12-19(13-9-18)25-15-26-21(23)5-2/h5-13,16H,2,4,14-15H2,1,3H3. The van der Waals surface area contributed by atoms with Gasteiger partial charge in [0.05, 0.1) is 5.56 Å². The Morgan fingerprint density at radius 3 is 2.26 bits per heavy atom. The molecule has 0 saturated carbocycles. The van der Waals surface area contributed by atoms with E-state index < -0.39 is 11.9 Å².